The van der Waals surface area contributed by atoms with Gasteiger partial charge in [0.05, 0.1) is 5.92 Å². The first kappa shape index (κ1) is 14.9. The molecule has 0 aromatic rings. The highest BCUT2D eigenvalue weighted by Gasteiger charge is 2.43. The lowest BCUT2D eigenvalue weighted by Crippen LogP contribution is -2.47. The van der Waals surface area contributed by atoms with Crippen molar-refractivity contribution in [1.82, 2.24) is 9.80 Å². The SMILES string of the molecule is C[C@@H]1C[C@H]1C(=O)N1CCC[C@H](C(=O)N2CCCCCC2)C1. The molecule has 2 heterocycles. The van der Waals surface area contributed by atoms with E-state index in [-0.39, 0.29) is 11.8 Å². The molecular weight excluding hydrogens is 264 g/mol. The Morgan fingerprint density at radius 2 is 1.48 bits per heavy atom. The molecule has 2 aliphatic heterocycles. The van der Waals surface area contributed by atoms with E-state index in [2.05, 4.69) is 11.8 Å². The zero-order chi connectivity index (χ0) is 14.8. The molecule has 0 bridgehead atoms. The largest absolute Gasteiger partial charge is 0.342 e. The molecule has 0 radical (unpaired) electrons. The van der Waals surface area contributed by atoms with Crippen LogP contribution < -0.4 is 0 Å². The number of likely N-dealkylation sites (tertiary alicyclic amines) is 2. The van der Waals surface area contributed by atoms with Crippen LogP contribution in [0.1, 0.15) is 51.9 Å². The standard InChI is InChI=1S/C17H28N2O2/c1-13-11-15(13)17(21)19-10-6-7-14(12-19)16(20)18-8-4-2-3-5-9-18/h13-15H,2-12H2,1H3/t13-,14+,15-/m1/s1. The van der Waals surface area contributed by atoms with E-state index in [0.717, 1.165) is 51.7 Å². The van der Waals surface area contributed by atoms with Crippen molar-refractivity contribution in [3.63, 3.8) is 0 Å². The molecule has 3 fully saturated rings. The van der Waals surface area contributed by atoms with E-state index in [4.69, 9.17) is 0 Å². The lowest BCUT2D eigenvalue weighted by atomic mass is 9.96. The summed E-state index contributed by atoms with van der Waals surface area (Å²) in [5, 5.41) is 0. The molecule has 3 aliphatic rings. The Hall–Kier alpha value is -1.06. The van der Waals surface area contributed by atoms with Crippen molar-refractivity contribution in [3.05, 3.63) is 0 Å². The van der Waals surface area contributed by atoms with E-state index >= 15 is 0 Å². The van der Waals surface area contributed by atoms with Crippen LogP contribution in [-0.2, 0) is 9.59 Å². The first-order chi connectivity index (χ1) is 10.2. The molecule has 118 valence electrons. The van der Waals surface area contributed by atoms with Gasteiger partial charge in [-0.05, 0) is 38.0 Å². The van der Waals surface area contributed by atoms with Crippen LogP contribution in [0.3, 0.4) is 0 Å². The van der Waals surface area contributed by atoms with Crippen LogP contribution in [0.5, 0.6) is 0 Å². The van der Waals surface area contributed by atoms with Crippen LogP contribution >= 0.6 is 0 Å². The Bertz CT molecular complexity index is 402. The van der Waals surface area contributed by atoms with Gasteiger partial charge in [0.2, 0.25) is 11.8 Å². The molecule has 21 heavy (non-hydrogen) atoms. The quantitative estimate of drug-likeness (QED) is 0.783. The summed E-state index contributed by atoms with van der Waals surface area (Å²) in [6.07, 6.45) is 7.76. The first-order valence-corrected chi connectivity index (χ1v) is 8.74. The Kier molecular flexibility index (Phi) is 4.51. The lowest BCUT2D eigenvalue weighted by Gasteiger charge is -2.35. The van der Waals surface area contributed by atoms with Crippen LogP contribution in [0.15, 0.2) is 0 Å². The summed E-state index contributed by atoms with van der Waals surface area (Å²) < 4.78 is 0. The van der Waals surface area contributed by atoms with Crippen LogP contribution in [0.2, 0.25) is 0 Å². The Balaban J connectivity index is 1.57. The molecule has 0 aromatic heterocycles. The zero-order valence-electron chi connectivity index (χ0n) is 13.2. The molecule has 2 amide bonds. The molecule has 4 heteroatoms. The summed E-state index contributed by atoms with van der Waals surface area (Å²) in [6, 6.07) is 0. The van der Waals surface area contributed by atoms with E-state index in [1.54, 1.807) is 0 Å². The predicted octanol–water partition coefficient (Wildman–Crippen LogP) is 2.28. The van der Waals surface area contributed by atoms with Crippen molar-refractivity contribution in [3.8, 4) is 0 Å². The number of hydrogen-bond donors (Lipinski definition) is 0. The summed E-state index contributed by atoms with van der Waals surface area (Å²) in [6.45, 7) is 5.50. The van der Waals surface area contributed by atoms with Gasteiger partial charge in [0.15, 0.2) is 0 Å². The summed E-state index contributed by atoms with van der Waals surface area (Å²) >= 11 is 0. The summed E-state index contributed by atoms with van der Waals surface area (Å²) in [5.41, 5.74) is 0. The molecule has 0 aromatic carbocycles. The van der Waals surface area contributed by atoms with Crippen molar-refractivity contribution in [2.24, 2.45) is 17.8 Å². The Morgan fingerprint density at radius 3 is 2.10 bits per heavy atom. The number of piperidine rings is 1. The average molecular weight is 292 g/mol. The van der Waals surface area contributed by atoms with Crippen LogP contribution in [-0.4, -0.2) is 47.8 Å². The van der Waals surface area contributed by atoms with Crippen molar-refractivity contribution in [2.45, 2.75) is 51.9 Å². The third kappa shape index (κ3) is 3.41. The van der Waals surface area contributed by atoms with Gasteiger partial charge in [-0.1, -0.05) is 19.8 Å². The van der Waals surface area contributed by atoms with Crippen LogP contribution in [0, 0.1) is 17.8 Å². The Labute approximate surface area is 127 Å². The van der Waals surface area contributed by atoms with E-state index in [0.29, 0.717) is 24.3 Å². The highest BCUT2D eigenvalue weighted by molar-refractivity contribution is 5.84. The minimum absolute atomic E-state index is 0.0508. The van der Waals surface area contributed by atoms with Gasteiger partial charge < -0.3 is 9.80 Å². The lowest BCUT2D eigenvalue weighted by molar-refractivity contribution is -0.141. The topological polar surface area (TPSA) is 40.6 Å². The minimum Gasteiger partial charge on any atom is -0.342 e. The second-order valence-corrected chi connectivity index (χ2v) is 7.18. The van der Waals surface area contributed by atoms with E-state index in [9.17, 15) is 9.59 Å². The number of nitrogens with zero attached hydrogens (tertiary/aromatic N) is 2. The second kappa shape index (κ2) is 6.37. The predicted molar refractivity (Wildman–Crippen MR) is 81.6 cm³/mol. The molecule has 0 spiro atoms. The van der Waals surface area contributed by atoms with Gasteiger partial charge in [-0.2, -0.15) is 0 Å². The number of carbonyl (C=O) groups excluding carboxylic acids is 2. The van der Waals surface area contributed by atoms with Gasteiger partial charge in [0, 0.05) is 32.1 Å². The van der Waals surface area contributed by atoms with Gasteiger partial charge in [-0.15, -0.1) is 0 Å². The van der Waals surface area contributed by atoms with Gasteiger partial charge in [-0.25, -0.2) is 0 Å². The summed E-state index contributed by atoms with van der Waals surface area (Å²) in [7, 11) is 0. The van der Waals surface area contributed by atoms with Gasteiger partial charge in [0.1, 0.15) is 0 Å². The van der Waals surface area contributed by atoms with Crippen molar-refractivity contribution in [1.29, 1.82) is 0 Å². The molecule has 0 unspecified atom stereocenters. The van der Waals surface area contributed by atoms with Crippen molar-refractivity contribution >= 4 is 11.8 Å². The van der Waals surface area contributed by atoms with Crippen molar-refractivity contribution in [2.75, 3.05) is 26.2 Å². The van der Waals surface area contributed by atoms with Gasteiger partial charge in [0.25, 0.3) is 0 Å². The zero-order valence-corrected chi connectivity index (χ0v) is 13.2. The molecule has 0 N–H and O–H groups in total. The second-order valence-electron chi connectivity index (χ2n) is 7.18. The Morgan fingerprint density at radius 1 is 0.857 bits per heavy atom. The minimum atomic E-state index is 0.0508. The molecule has 1 saturated carbocycles. The smallest absolute Gasteiger partial charge is 0.227 e. The number of amides is 2. The van der Waals surface area contributed by atoms with E-state index < -0.39 is 0 Å². The molecule has 3 atom stereocenters. The highest BCUT2D eigenvalue weighted by atomic mass is 16.2. The van der Waals surface area contributed by atoms with E-state index in [1.165, 1.54) is 12.8 Å². The monoisotopic (exact) mass is 292 g/mol. The number of carbonyl (C=O) groups is 2. The fourth-order valence-electron chi connectivity index (χ4n) is 3.83. The maximum Gasteiger partial charge on any atom is 0.227 e. The molecular formula is C17H28N2O2. The first-order valence-electron chi connectivity index (χ1n) is 8.74. The number of rotatable bonds is 2. The third-order valence-electron chi connectivity index (χ3n) is 5.43. The van der Waals surface area contributed by atoms with Gasteiger partial charge >= 0.3 is 0 Å². The van der Waals surface area contributed by atoms with Crippen molar-refractivity contribution < 1.29 is 9.59 Å². The average Bonchev–Trinajstić information content (AvgIpc) is 3.28. The maximum absolute atomic E-state index is 12.7. The molecule has 4 nitrogen and oxygen atoms in total. The highest BCUT2D eigenvalue weighted by Crippen LogP contribution is 2.40. The normalized spacial score (nSPS) is 33.5. The van der Waals surface area contributed by atoms with Crippen LogP contribution in [0.25, 0.3) is 0 Å². The molecule has 3 rings (SSSR count). The number of hydrogen-bond acceptors (Lipinski definition) is 2. The summed E-state index contributed by atoms with van der Waals surface area (Å²) in [5.74, 6) is 1.46. The van der Waals surface area contributed by atoms with Crippen LogP contribution in [0.4, 0.5) is 0 Å². The molecule has 1 aliphatic carbocycles. The molecule has 2 saturated heterocycles. The summed E-state index contributed by atoms with van der Waals surface area (Å²) in [4.78, 5) is 29.1. The fraction of sp³-hybridized carbons (Fsp3) is 0.882. The van der Waals surface area contributed by atoms with E-state index in [1.807, 2.05) is 4.90 Å². The van der Waals surface area contributed by atoms with Gasteiger partial charge in [-0.3, -0.25) is 9.59 Å². The fourth-order valence-corrected chi connectivity index (χ4v) is 3.83. The maximum atomic E-state index is 12.7. The third-order valence-corrected chi connectivity index (χ3v) is 5.43.